The van der Waals surface area contributed by atoms with Crippen molar-refractivity contribution in [3.8, 4) is 0 Å². The van der Waals surface area contributed by atoms with Gasteiger partial charge in [-0.25, -0.2) is 0 Å². The van der Waals surface area contributed by atoms with Crippen LogP contribution < -0.4 is 10.6 Å². The molecule has 3 aliphatic heterocycles. The van der Waals surface area contributed by atoms with Gasteiger partial charge in [-0.15, -0.1) is 0 Å². The minimum absolute atomic E-state index is 0.0234. The minimum Gasteiger partial charge on any atom is -0.353 e. The van der Waals surface area contributed by atoms with E-state index in [9.17, 15) is 19.2 Å². The number of nitrogens with one attached hydrogen (secondary N) is 2. The van der Waals surface area contributed by atoms with Crippen LogP contribution in [0.25, 0.3) is 0 Å². The van der Waals surface area contributed by atoms with Crippen molar-refractivity contribution >= 4 is 23.6 Å². The molecule has 3 rings (SSSR count). The second-order valence-corrected chi connectivity index (χ2v) is 15.5. The van der Waals surface area contributed by atoms with Crippen molar-refractivity contribution < 1.29 is 19.2 Å². The Labute approximate surface area is 279 Å². The van der Waals surface area contributed by atoms with Crippen molar-refractivity contribution in [2.24, 2.45) is 11.3 Å². The van der Waals surface area contributed by atoms with Crippen LogP contribution in [0.5, 0.6) is 0 Å². The van der Waals surface area contributed by atoms with Crippen LogP contribution in [0.15, 0.2) is 11.6 Å². The number of carbonyl (C=O) groups excluding carboxylic acids is 4. The average molecular weight is 645 g/mol. The number of amides is 4. The summed E-state index contributed by atoms with van der Waals surface area (Å²) in [5, 5.41) is 6.23. The zero-order chi connectivity index (χ0) is 34.2. The fourth-order valence-electron chi connectivity index (χ4n) is 7.32. The van der Waals surface area contributed by atoms with E-state index in [1.165, 1.54) is 19.3 Å². The molecule has 0 aromatic carbocycles. The Morgan fingerprint density at radius 2 is 1.48 bits per heavy atom. The molecule has 0 aliphatic carbocycles. The lowest BCUT2D eigenvalue weighted by Crippen LogP contribution is -2.60. The van der Waals surface area contributed by atoms with Gasteiger partial charge in [0.1, 0.15) is 12.1 Å². The largest absolute Gasteiger partial charge is 0.353 e. The Morgan fingerprint density at radius 3 is 2.09 bits per heavy atom. The summed E-state index contributed by atoms with van der Waals surface area (Å²) in [7, 11) is 1.77. The molecule has 0 saturated carbocycles. The average Bonchev–Trinajstić information content (AvgIpc) is 3.51. The molecule has 262 valence electrons. The smallest absolute Gasteiger partial charge is 0.249 e. The summed E-state index contributed by atoms with van der Waals surface area (Å²) in [6, 6.07) is -1.55. The first-order valence-electron chi connectivity index (χ1n) is 18.0. The van der Waals surface area contributed by atoms with E-state index in [1.54, 1.807) is 23.8 Å². The van der Waals surface area contributed by atoms with Crippen LogP contribution in [0.4, 0.5) is 0 Å². The summed E-state index contributed by atoms with van der Waals surface area (Å²) in [4.78, 5) is 62.7. The SMILES string of the molecule is C/C(=C\C(C(C)C)N(C)C(=O)[C@@H](NC(=O)[C@H]1CCCCN1C(C)C)C(C)(C)C)C(=O)N1CCC[C@H]1C(=O)NCCN1CCCCC1. The molecular weight excluding hydrogens is 580 g/mol. The predicted molar refractivity (Wildman–Crippen MR) is 184 cm³/mol. The highest BCUT2D eigenvalue weighted by atomic mass is 16.2. The minimum atomic E-state index is -0.719. The van der Waals surface area contributed by atoms with Crippen molar-refractivity contribution in [1.82, 2.24) is 30.2 Å². The zero-order valence-corrected chi connectivity index (χ0v) is 30.4. The number of hydrogen-bond acceptors (Lipinski definition) is 6. The third-order valence-electron chi connectivity index (χ3n) is 10.1. The van der Waals surface area contributed by atoms with E-state index in [0.29, 0.717) is 25.1 Å². The zero-order valence-electron chi connectivity index (χ0n) is 30.4. The molecule has 10 nitrogen and oxygen atoms in total. The summed E-state index contributed by atoms with van der Waals surface area (Å²) in [5.41, 5.74) is 0.0101. The number of carbonyl (C=O) groups is 4. The van der Waals surface area contributed by atoms with Gasteiger partial charge in [0.2, 0.25) is 23.6 Å². The Kier molecular flexibility index (Phi) is 14.1. The van der Waals surface area contributed by atoms with Gasteiger partial charge >= 0.3 is 0 Å². The summed E-state index contributed by atoms with van der Waals surface area (Å²) in [6.07, 6.45) is 9.89. The topological polar surface area (TPSA) is 105 Å². The first-order valence-corrected chi connectivity index (χ1v) is 18.0. The number of hydrogen-bond donors (Lipinski definition) is 2. The van der Waals surface area contributed by atoms with E-state index in [1.807, 2.05) is 40.7 Å². The second kappa shape index (κ2) is 17.1. The molecule has 3 saturated heterocycles. The van der Waals surface area contributed by atoms with Gasteiger partial charge in [0.15, 0.2) is 0 Å². The third-order valence-corrected chi connectivity index (χ3v) is 10.1. The summed E-state index contributed by atoms with van der Waals surface area (Å²) >= 11 is 0. The third kappa shape index (κ3) is 10.0. The molecule has 1 unspecified atom stereocenters. The first kappa shape index (κ1) is 38.0. The molecule has 2 N–H and O–H groups in total. The highest BCUT2D eigenvalue weighted by Gasteiger charge is 2.40. The van der Waals surface area contributed by atoms with Gasteiger partial charge < -0.3 is 25.3 Å². The van der Waals surface area contributed by atoms with Crippen LogP contribution in [0.2, 0.25) is 0 Å². The summed E-state index contributed by atoms with van der Waals surface area (Å²) in [6.45, 7) is 21.0. The van der Waals surface area contributed by atoms with Crippen LogP contribution in [0.1, 0.15) is 107 Å². The van der Waals surface area contributed by atoms with E-state index in [2.05, 4.69) is 34.3 Å². The predicted octanol–water partition coefficient (Wildman–Crippen LogP) is 3.80. The van der Waals surface area contributed by atoms with E-state index in [4.69, 9.17) is 0 Å². The number of piperidine rings is 2. The Bertz CT molecular complexity index is 1080. The molecule has 0 aromatic heterocycles. The summed E-state index contributed by atoms with van der Waals surface area (Å²) in [5.74, 6) is -0.481. The number of likely N-dealkylation sites (tertiary alicyclic amines) is 3. The van der Waals surface area contributed by atoms with Crippen LogP contribution in [-0.4, -0.2) is 120 Å². The van der Waals surface area contributed by atoms with Crippen LogP contribution >= 0.6 is 0 Å². The lowest BCUT2D eigenvalue weighted by molar-refractivity contribution is -0.142. The van der Waals surface area contributed by atoms with Crippen molar-refractivity contribution in [3.05, 3.63) is 11.6 Å². The van der Waals surface area contributed by atoms with E-state index < -0.39 is 17.5 Å². The summed E-state index contributed by atoms with van der Waals surface area (Å²) < 4.78 is 0. The first-order chi connectivity index (χ1) is 21.6. The van der Waals surface area contributed by atoms with E-state index in [-0.39, 0.29) is 47.7 Å². The van der Waals surface area contributed by atoms with Crippen molar-refractivity contribution in [3.63, 3.8) is 0 Å². The number of likely N-dealkylation sites (N-methyl/N-ethyl adjacent to an activating group) is 1. The van der Waals surface area contributed by atoms with Crippen LogP contribution in [-0.2, 0) is 19.2 Å². The van der Waals surface area contributed by atoms with Gasteiger partial charge in [-0.3, -0.25) is 24.1 Å². The quantitative estimate of drug-likeness (QED) is 0.313. The molecule has 46 heavy (non-hydrogen) atoms. The van der Waals surface area contributed by atoms with Gasteiger partial charge in [-0.05, 0) is 90.3 Å². The number of rotatable bonds is 12. The standard InChI is InChI=1S/C36H64N6O4/c1-25(2)30(39(9)35(46)31(36(6,7)8)38-33(44)29-16-11-14-21-41(29)26(3)4)24-27(5)34(45)42-22-15-17-28(42)32(43)37-18-23-40-19-12-10-13-20-40/h24-26,28-31H,10-23H2,1-9H3,(H,37,43)(H,38,44)/b27-24+/t28-,29+,30?,31+/m0/s1. The van der Waals surface area contributed by atoms with Gasteiger partial charge in [0.05, 0.1) is 12.1 Å². The fourth-order valence-corrected chi connectivity index (χ4v) is 7.32. The second-order valence-electron chi connectivity index (χ2n) is 15.5. The maximum atomic E-state index is 14.1. The molecule has 3 aliphatic rings. The molecule has 3 fully saturated rings. The van der Waals surface area contributed by atoms with Crippen molar-refractivity contribution in [2.45, 2.75) is 137 Å². The van der Waals surface area contributed by atoms with Crippen LogP contribution in [0.3, 0.4) is 0 Å². The molecule has 0 bridgehead atoms. The highest BCUT2D eigenvalue weighted by molar-refractivity contribution is 5.97. The monoisotopic (exact) mass is 644 g/mol. The van der Waals surface area contributed by atoms with Crippen molar-refractivity contribution in [1.29, 1.82) is 0 Å². The van der Waals surface area contributed by atoms with Crippen molar-refractivity contribution in [2.75, 3.05) is 46.3 Å². The molecule has 4 amide bonds. The molecule has 3 heterocycles. The Hall–Kier alpha value is -2.46. The Balaban J connectivity index is 1.70. The molecule has 0 aromatic rings. The highest BCUT2D eigenvalue weighted by Crippen LogP contribution is 2.27. The Morgan fingerprint density at radius 1 is 0.848 bits per heavy atom. The molecular formula is C36H64N6O4. The molecule has 10 heteroatoms. The fraction of sp³-hybridized carbons (Fsp3) is 0.833. The lowest BCUT2D eigenvalue weighted by Gasteiger charge is -2.41. The van der Waals surface area contributed by atoms with Gasteiger partial charge in [-0.1, -0.05) is 53.5 Å². The van der Waals surface area contributed by atoms with Crippen LogP contribution in [0, 0.1) is 11.3 Å². The number of nitrogens with zero attached hydrogens (tertiary/aromatic N) is 4. The lowest BCUT2D eigenvalue weighted by atomic mass is 9.84. The van der Waals surface area contributed by atoms with Gasteiger partial charge in [-0.2, -0.15) is 0 Å². The molecule has 0 spiro atoms. The van der Waals surface area contributed by atoms with E-state index in [0.717, 1.165) is 51.9 Å². The maximum absolute atomic E-state index is 14.1. The molecule has 0 radical (unpaired) electrons. The normalized spacial score (nSPS) is 23.4. The maximum Gasteiger partial charge on any atom is 0.249 e. The molecule has 4 atom stereocenters. The van der Waals surface area contributed by atoms with Gasteiger partial charge in [0.25, 0.3) is 0 Å². The van der Waals surface area contributed by atoms with E-state index >= 15 is 0 Å². The van der Waals surface area contributed by atoms with Gasteiger partial charge in [0, 0.05) is 38.3 Å².